The van der Waals surface area contributed by atoms with Gasteiger partial charge in [-0.1, -0.05) is 32.0 Å². The first-order valence-electron chi connectivity index (χ1n) is 8.28. The SMILES string of the molecule is CCCC(=O)OCCN(CCOC(=O)CCC)c1ccccc1. The Bertz CT molecular complexity index is 437. The summed E-state index contributed by atoms with van der Waals surface area (Å²) in [5.41, 5.74) is 1.02. The molecule has 0 N–H and O–H groups in total. The Morgan fingerprint density at radius 1 is 0.870 bits per heavy atom. The summed E-state index contributed by atoms with van der Waals surface area (Å²) in [7, 11) is 0. The van der Waals surface area contributed by atoms with Crippen molar-refractivity contribution in [2.45, 2.75) is 39.5 Å². The fraction of sp³-hybridized carbons (Fsp3) is 0.556. The van der Waals surface area contributed by atoms with Crippen LogP contribution < -0.4 is 4.90 Å². The van der Waals surface area contributed by atoms with E-state index >= 15 is 0 Å². The highest BCUT2D eigenvalue weighted by molar-refractivity contribution is 5.69. The molecule has 0 amide bonds. The van der Waals surface area contributed by atoms with Crippen molar-refractivity contribution in [3.8, 4) is 0 Å². The molecule has 0 saturated heterocycles. The van der Waals surface area contributed by atoms with Crippen LogP contribution in [0.1, 0.15) is 39.5 Å². The maximum Gasteiger partial charge on any atom is 0.305 e. The first-order chi connectivity index (χ1) is 11.2. The number of carbonyl (C=O) groups is 2. The Hall–Kier alpha value is -2.04. The maximum absolute atomic E-state index is 11.4. The molecule has 0 spiro atoms. The van der Waals surface area contributed by atoms with E-state index in [0.29, 0.717) is 39.1 Å². The second kappa shape index (κ2) is 11.5. The minimum atomic E-state index is -0.171. The molecule has 1 aromatic carbocycles. The molecule has 0 unspecified atom stereocenters. The predicted molar refractivity (Wildman–Crippen MR) is 90.4 cm³/mol. The molecule has 0 atom stereocenters. The molecule has 0 bridgehead atoms. The molecule has 1 aromatic rings. The number of ether oxygens (including phenoxy) is 2. The summed E-state index contributed by atoms with van der Waals surface area (Å²) in [6, 6.07) is 9.83. The molecular weight excluding hydrogens is 294 g/mol. The van der Waals surface area contributed by atoms with Crippen molar-refractivity contribution in [1.29, 1.82) is 0 Å². The van der Waals surface area contributed by atoms with Crippen LogP contribution in [0.2, 0.25) is 0 Å². The van der Waals surface area contributed by atoms with Gasteiger partial charge in [0.15, 0.2) is 0 Å². The van der Waals surface area contributed by atoms with Gasteiger partial charge < -0.3 is 14.4 Å². The highest BCUT2D eigenvalue weighted by atomic mass is 16.5. The first-order valence-corrected chi connectivity index (χ1v) is 8.28. The van der Waals surface area contributed by atoms with Crippen LogP contribution in [0.25, 0.3) is 0 Å². The van der Waals surface area contributed by atoms with E-state index in [9.17, 15) is 9.59 Å². The number of hydrogen-bond acceptors (Lipinski definition) is 5. The lowest BCUT2D eigenvalue weighted by Crippen LogP contribution is -2.32. The molecule has 5 nitrogen and oxygen atoms in total. The lowest BCUT2D eigenvalue weighted by molar-refractivity contribution is -0.143. The maximum atomic E-state index is 11.4. The zero-order valence-corrected chi connectivity index (χ0v) is 14.1. The minimum absolute atomic E-state index is 0.171. The number of para-hydroxylation sites is 1. The Kier molecular flexibility index (Phi) is 9.52. The molecule has 0 aliphatic carbocycles. The van der Waals surface area contributed by atoms with Crippen molar-refractivity contribution in [3.05, 3.63) is 30.3 Å². The van der Waals surface area contributed by atoms with Crippen LogP contribution in [0.5, 0.6) is 0 Å². The fourth-order valence-electron chi connectivity index (χ4n) is 2.10. The Morgan fingerprint density at radius 2 is 1.35 bits per heavy atom. The minimum Gasteiger partial charge on any atom is -0.464 e. The standard InChI is InChI=1S/C18H27NO4/c1-3-8-17(20)22-14-12-19(16-10-6-5-7-11-16)13-15-23-18(21)9-4-2/h5-7,10-11H,3-4,8-9,12-15H2,1-2H3. The van der Waals surface area contributed by atoms with E-state index in [0.717, 1.165) is 18.5 Å². The van der Waals surface area contributed by atoms with Gasteiger partial charge in [-0.25, -0.2) is 0 Å². The number of esters is 2. The topological polar surface area (TPSA) is 55.8 Å². The van der Waals surface area contributed by atoms with Crippen molar-refractivity contribution in [2.75, 3.05) is 31.2 Å². The molecule has 0 heterocycles. The van der Waals surface area contributed by atoms with Crippen molar-refractivity contribution in [1.82, 2.24) is 0 Å². The third-order valence-electron chi connectivity index (χ3n) is 3.28. The van der Waals surface area contributed by atoms with Gasteiger partial charge >= 0.3 is 11.9 Å². The van der Waals surface area contributed by atoms with E-state index in [1.807, 2.05) is 44.2 Å². The van der Waals surface area contributed by atoms with Gasteiger partial charge in [-0.15, -0.1) is 0 Å². The van der Waals surface area contributed by atoms with Crippen molar-refractivity contribution in [3.63, 3.8) is 0 Å². The highest BCUT2D eigenvalue weighted by Gasteiger charge is 2.09. The summed E-state index contributed by atoms with van der Waals surface area (Å²) in [5, 5.41) is 0. The van der Waals surface area contributed by atoms with Crippen LogP contribution in [0.3, 0.4) is 0 Å². The Labute approximate surface area is 138 Å². The zero-order chi connectivity index (χ0) is 16.9. The number of carbonyl (C=O) groups excluding carboxylic acids is 2. The van der Waals surface area contributed by atoms with E-state index < -0.39 is 0 Å². The van der Waals surface area contributed by atoms with E-state index in [4.69, 9.17) is 9.47 Å². The monoisotopic (exact) mass is 321 g/mol. The molecule has 128 valence electrons. The van der Waals surface area contributed by atoms with Crippen molar-refractivity contribution >= 4 is 17.6 Å². The Balaban J connectivity index is 2.47. The predicted octanol–water partition coefficient (Wildman–Crippen LogP) is 3.18. The number of benzene rings is 1. The third kappa shape index (κ3) is 8.24. The van der Waals surface area contributed by atoms with E-state index in [-0.39, 0.29) is 11.9 Å². The van der Waals surface area contributed by atoms with Crippen molar-refractivity contribution in [2.24, 2.45) is 0 Å². The average molecular weight is 321 g/mol. The Morgan fingerprint density at radius 3 is 1.78 bits per heavy atom. The van der Waals surface area contributed by atoms with Gasteiger partial charge in [-0.05, 0) is 25.0 Å². The highest BCUT2D eigenvalue weighted by Crippen LogP contribution is 2.12. The largest absolute Gasteiger partial charge is 0.464 e. The van der Waals surface area contributed by atoms with Gasteiger partial charge in [0, 0.05) is 18.5 Å². The van der Waals surface area contributed by atoms with Gasteiger partial charge in [-0.3, -0.25) is 9.59 Å². The summed E-state index contributed by atoms with van der Waals surface area (Å²) >= 11 is 0. The lowest BCUT2D eigenvalue weighted by atomic mass is 10.3. The molecule has 0 saturated carbocycles. The number of anilines is 1. The van der Waals surface area contributed by atoms with Crippen LogP contribution >= 0.6 is 0 Å². The van der Waals surface area contributed by atoms with Crippen LogP contribution in [-0.2, 0) is 19.1 Å². The smallest absolute Gasteiger partial charge is 0.305 e. The summed E-state index contributed by atoms with van der Waals surface area (Å²) < 4.78 is 10.4. The molecule has 0 aliphatic rings. The molecule has 5 heteroatoms. The first kappa shape index (κ1) is 19.0. The van der Waals surface area contributed by atoms with E-state index in [1.54, 1.807) is 0 Å². The van der Waals surface area contributed by atoms with Gasteiger partial charge in [-0.2, -0.15) is 0 Å². The number of hydrogen-bond donors (Lipinski definition) is 0. The lowest BCUT2D eigenvalue weighted by Gasteiger charge is -2.24. The molecule has 1 rings (SSSR count). The molecule has 0 radical (unpaired) electrons. The van der Waals surface area contributed by atoms with Crippen molar-refractivity contribution < 1.29 is 19.1 Å². The second-order valence-corrected chi connectivity index (χ2v) is 5.26. The summed E-state index contributed by atoms with van der Waals surface area (Å²) in [5.74, 6) is -0.343. The number of nitrogens with zero attached hydrogens (tertiary/aromatic N) is 1. The van der Waals surface area contributed by atoms with Crippen LogP contribution in [0, 0.1) is 0 Å². The van der Waals surface area contributed by atoms with Gasteiger partial charge in [0.2, 0.25) is 0 Å². The molecule has 0 fully saturated rings. The van der Waals surface area contributed by atoms with Crippen LogP contribution in [-0.4, -0.2) is 38.2 Å². The van der Waals surface area contributed by atoms with Crippen LogP contribution in [0.4, 0.5) is 5.69 Å². The summed E-state index contributed by atoms with van der Waals surface area (Å²) in [6.45, 7) is 5.70. The number of rotatable bonds is 11. The van der Waals surface area contributed by atoms with Gasteiger partial charge in [0.05, 0.1) is 13.1 Å². The van der Waals surface area contributed by atoms with Crippen LogP contribution in [0.15, 0.2) is 30.3 Å². The second-order valence-electron chi connectivity index (χ2n) is 5.26. The normalized spacial score (nSPS) is 10.2. The fourth-order valence-corrected chi connectivity index (χ4v) is 2.10. The zero-order valence-electron chi connectivity index (χ0n) is 14.1. The van der Waals surface area contributed by atoms with Gasteiger partial charge in [0.25, 0.3) is 0 Å². The third-order valence-corrected chi connectivity index (χ3v) is 3.28. The quantitative estimate of drug-likeness (QED) is 0.586. The molecule has 23 heavy (non-hydrogen) atoms. The molecule has 0 aromatic heterocycles. The summed E-state index contributed by atoms with van der Waals surface area (Å²) in [4.78, 5) is 24.9. The van der Waals surface area contributed by atoms with E-state index in [1.165, 1.54) is 0 Å². The van der Waals surface area contributed by atoms with E-state index in [2.05, 4.69) is 4.90 Å². The molecular formula is C18H27NO4. The summed E-state index contributed by atoms with van der Waals surface area (Å²) in [6.07, 6.45) is 2.46. The average Bonchev–Trinajstić information content (AvgIpc) is 2.55. The van der Waals surface area contributed by atoms with Gasteiger partial charge in [0.1, 0.15) is 13.2 Å². The molecule has 0 aliphatic heterocycles.